The second kappa shape index (κ2) is 8.05. The summed E-state index contributed by atoms with van der Waals surface area (Å²) in [6.45, 7) is 3.79. The third kappa shape index (κ3) is 3.96. The molecule has 140 valence electrons. The molecule has 0 spiro atoms. The van der Waals surface area contributed by atoms with Crippen LogP contribution in [0, 0.1) is 18.7 Å². The minimum atomic E-state index is -1.10. The summed E-state index contributed by atoms with van der Waals surface area (Å²) in [6, 6.07) is 12.1. The molecule has 1 aliphatic rings. The van der Waals surface area contributed by atoms with Crippen LogP contribution in [0.15, 0.2) is 48.5 Å². The van der Waals surface area contributed by atoms with E-state index in [1.54, 1.807) is 13.0 Å². The number of hydrogen-bond donors (Lipinski definition) is 0. The van der Waals surface area contributed by atoms with E-state index >= 15 is 0 Å². The quantitative estimate of drug-likeness (QED) is 0.542. The second-order valence-corrected chi connectivity index (χ2v) is 7.02. The zero-order chi connectivity index (χ0) is 19.6. The van der Waals surface area contributed by atoms with Crippen LogP contribution in [0.5, 0.6) is 0 Å². The van der Waals surface area contributed by atoms with Crippen molar-refractivity contribution in [3.05, 3.63) is 76.1 Å². The Kier molecular flexibility index (Phi) is 5.76. The molecule has 2 aromatic carbocycles. The van der Waals surface area contributed by atoms with Gasteiger partial charge in [-0.05, 0) is 49.6 Å². The average Bonchev–Trinajstić information content (AvgIpc) is 2.62. The smallest absolute Gasteiger partial charge is 0.317 e. The summed E-state index contributed by atoms with van der Waals surface area (Å²) in [6.07, 6.45) is 1.79. The summed E-state index contributed by atoms with van der Waals surface area (Å²) < 4.78 is 19.7. The molecule has 27 heavy (non-hydrogen) atoms. The van der Waals surface area contributed by atoms with E-state index in [0.717, 1.165) is 16.7 Å². The van der Waals surface area contributed by atoms with E-state index in [9.17, 15) is 14.0 Å². The SMILES string of the molecule is CCOC(=O)[C@@H]1C(=O)C=C(c2ccc(C)cc2)C[C@H]1c1c(F)cccc1Cl. The van der Waals surface area contributed by atoms with E-state index in [-0.39, 0.29) is 23.0 Å². The van der Waals surface area contributed by atoms with Gasteiger partial charge in [0.25, 0.3) is 0 Å². The fourth-order valence-electron chi connectivity index (χ4n) is 3.49. The van der Waals surface area contributed by atoms with Gasteiger partial charge in [-0.15, -0.1) is 0 Å². The molecule has 0 saturated carbocycles. The first-order chi connectivity index (χ1) is 12.9. The predicted molar refractivity (Wildman–Crippen MR) is 103 cm³/mol. The number of carbonyl (C=O) groups is 2. The fourth-order valence-corrected chi connectivity index (χ4v) is 3.79. The van der Waals surface area contributed by atoms with Crippen LogP contribution in [0.2, 0.25) is 5.02 Å². The van der Waals surface area contributed by atoms with E-state index in [0.29, 0.717) is 6.42 Å². The van der Waals surface area contributed by atoms with Crippen LogP contribution in [0.25, 0.3) is 5.57 Å². The van der Waals surface area contributed by atoms with E-state index in [2.05, 4.69) is 0 Å². The molecule has 0 aliphatic heterocycles. The lowest BCUT2D eigenvalue weighted by Gasteiger charge is -2.30. The number of ether oxygens (including phenoxy) is 1. The molecule has 2 aromatic rings. The number of allylic oxidation sites excluding steroid dienone is 2. The van der Waals surface area contributed by atoms with Gasteiger partial charge in [0.2, 0.25) is 0 Å². The van der Waals surface area contributed by atoms with Crippen LogP contribution in [0.3, 0.4) is 0 Å². The van der Waals surface area contributed by atoms with Gasteiger partial charge in [0.05, 0.1) is 6.61 Å². The third-order valence-corrected chi connectivity index (χ3v) is 5.13. The van der Waals surface area contributed by atoms with Crippen molar-refractivity contribution in [2.24, 2.45) is 5.92 Å². The van der Waals surface area contributed by atoms with E-state index in [1.807, 2.05) is 31.2 Å². The van der Waals surface area contributed by atoms with Crippen molar-refractivity contribution < 1.29 is 18.7 Å². The fraction of sp³-hybridized carbons (Fsp3) is 0.273. The summed E-state index contributed by atoms with van der Waals surface area (Å²) in [5.74, 6) is -3.38. The van der Waals surface area contributed by atoms with Gasteiger partial charge in [0.15, 0.2) is 5.78 Å². The standard InChI is InChI=1S/C22H20ClFO3/c1-3-27-22(26)21-16(20-17(23)5-4-6-18(20)24)11-15(12-19(21)25)14-9-7-13(2)8-10-14/h4-10,12,16,21H,3,11H2,1-2H3/t16-,21-/m0/s1. The number of carbonyl (C=O) groups excluding carboxylic acids is 2. The van der Waals surface area contributed by atoms with Crippen molar-refractivity contribution in [1.82, 2.24) is 0 Å². The molecule has 3 rings (SSSR count). The van der Waals surface area contributed by atoms with Crippen LogP contribution >= 0.6 is 11.6 Å². The van der Waals surface area contributed by atoms with E-state index in [1.165, 1.54) is 18.2 Å². The Morgan fingerprint density at radius 3 is 2.56 bits per heavy atom. The molecule has 0 bridgehead atoms. The van der Waals surface area contributed by atoms with Crippen LogP contribution in [0.1, 0.15) is 36.0 Å². The van der Waals surface area contributed by atoms with Gasteiger partial charge in [0.1, 0.15) is 11.7 Å². The number of aryl methyl sites for hydroxylation is 1. The molecule has 0 N–H and O–H groups in total. The molecule has 0 amide bonds. The Labute approximate surface area is 162 Å². The van der Waals surface area contributed by atoms with Crippen molar-refractivity contribution in [3.63, 3.8) is 0 Å². The lowest BCUT2D eigenvalue weighted by atomic mass is 9.73. The Bertz CT molecular complexity index is 882. The van der Waals surface area contributed by atoms with Gasteiger partial charge in [-0.25, -0.2) is 4.39 Å². The number of benzene rings is 2. The van der Waals surface area contributed by atoms with Gasteiger partial charge < -0.3 is 4.74 Å². The maximum Gasteiger partial charge on any atom is 0.317 e. The number of halogens is 2. The molecule has 0 aromatic heterocycles. The van der Waals surface area contributed by atoms with Gasteiger partial charge in [-0.2, -0.15) is 0 Å². The van der Waals surface area contributed by atoms with Crippen molar-refractivity contribution in [3.8, 4) is 0 Å². The molecule has 0 saturated heterocycles. The van der Waals surface area contributed by atoms with Crippen molar-refractivity contribution >= 4 is 28.9 Å². The lowest BCUT2D eigenvalue weighted by Crippen LogP contribution is -2.34. The van der Waals surface area contributed by atoms with Gasteiger partial charge in [-0.1, -0.05) is 47.5 Å². The van der Waals surface area contributed by atoms with E-state index in [4.69, 9.17) is 16.3 Å². The zero-order valence-electron chi connectivity index (χ0n) is 15.2. The molecular formula is C22H20ClFO3. The normalized spacial score (nSPS) is 19.6. The minimum absolute atomic E-state index is 0.148. The maximum absolute atomic E-state index is 14.6. The second-order valence-electron chi connectivity index (χ2n) is 6.61. The first-order valence-electron chi connectivity index (χ1n) is 8.84. The highest BCUT2D eigenvalue weighted by Crippen LogP contribution is 2.43. The maximum atomic E-state index is 14.6. The molecule has 2 atom stereocenters. The molecule has 0 unspecified atom stereocenters. The Balaban J connectivity index is 2.09. The number of esters is 1. The summed E-state index contributed by atoms with van der Waals surface area (Å²) in [7, 11) is 0. The van der Waals surface area contributed by atoms with E-state index < -0.39 is 23.6 Å². The van der Waals surface area contributed by atoms with Crippen molar-refractivity contribution in [2.75, 3.05) is 6.61 Å². The molecule has 3 nitrogen and oxygen atoms in total. The van der Waals surface area contributed by atoms with Crippen LogP contribution in [0.4, 0.5) is 4.39 Å². The predicted octanol–water partition coefficient (Wildman–Crippen LogP) is 5.11. The Morgan fingerprint density at radius 2 is 1.93 bits per heavy atom. The average molecular weight is 387 g/mol. The summed E-state index contributed by atoms with van der Waals surface area (Å²) in [4.78, 5) is 25.3. The zero-order valence-corrected chi connectivity index (χ0v) is 15.9. The van der Waals surface area contributed by atoms with Crippen molar-refractivity contribution in [1.29, 1.82) is 0 Å². The number of rotatable bonds is 4. The van der Waals surface area contributed by atoms with Crippen LogP contribution in [-0.4, -0.2) is 18.4 Å². The first-order valence-corrected chi connectivity index (χ1v) is 9.22. The topological polar surface area (TPSA) is 43.4 Å². The molecule has 0 fully saturated rings. The minimum Gasteiger partial charge on any atom is -0.465 e. The third-order valence-electron chi connectivity index (χ3n) is 4.80. The first kappa shape index (κ1) is 19.3. The Morgan fingerprint density at radius 1 is 1.22 bits per heavy atom. The summed E-state index contributed by atoms with van der Waals surface area (Å²) in [5.41, 5.74) is 2.90. The highest BCUT2D eigenvalue weighted by molar-refractivity contribution is 6.31. The number of ketones is 1. The van der Waals surface area contributed by atoms with Gasteiger partial charge >= 0.3 is 5.97 Å². The summed E-state index contributed by atoms with van der Waals surface area (Å²) in [5, 5.41) is 0.201. The Hall–Kier alpha value is -2.46. The lowest BCUT2D eigenvalue weighted by molar-refractivity contribution is -0.151. The molecule has 5 heteroatoms. The largest absolute Gasteiger partial charge is 0.465 e. The monoisotopic (exact) mass is 386 g/mol. The van der Waals surface area contributed by atoms with Crippen LogP contribution in [-0.2, 0) is 14.3 Å². The number of hydrogen-bond acceptors (Lipinski definition) is 3. The van der Waals surface area contributed by atoms with Gasteiger partial charge in [-0.3, -0.25) is 9.59 Å². The molecule has 0 heterocycles. The highest BCUT2D eigenvalue weighted by Gasteiger charge is 2.41. The molecule has 0 radical (unpaired) electrons. The van der Waals surface area contributed by atoms with Crippen molar-refractivity contribution in [2.45, 2.75) is 26.2 Å². The molecule has 1 aliphatic carbocycles. The van der Waals surface area contributed by atoms with Crippen LogP contribution < -0.4 is 0 Å². The summed E-state index contributed by atoms with van der Waals surface area (Å²) >= 11 is 6.25. The van der Waals surface area contributed by atoms with Gasteiger partial charge in [0, 0.05) is 16.5 Å². The highest BCUT2D eigenvalue weighted by atomic mass is 35.5. The molecular weight excluding hydrogens is 367 g/mol.